The lowest BCUT2D eigenvalue weighted by atomic mass is 9.92. The smallest absolute Gasteiger partial charge is 0.388 e. The van der Waals surface area contributed by atoms with E-state index in [9.17, 15) is 59.0 Å². The molecule has 32 heteroatoms. The van der Waals surface area contributed by atoms with Crippen molar-refractivity contribution in [3.8, 4) is 29.9 Å². The first-order valence-electron chi connectivity index (χ1n) is 19.2. The second-order valence-corrected chi connectivity index (χ2v) is 21.4. The molecule has 23 nitrogen and oxygen atoms in total. The van der Waals surface area contributed by atoms with E-state index in [2.05, 4.69) is 67.3 Å². The third kappa shape index (κ3) is 18.8. The Balaban J connectivity index is 0.000000293. The van der Waals surface area contributed by atoms with Gasteiger partial charge in [-0.1, -0.05) is 31.9 Å². The third-order valence-corrected chi connectivity index (χ3v) is 10.8. The molecule has 4 aromatic rings. The van der Waals surface area contributed by atoms with Crippen LogP contribution in [0.25, 0.3) is 0 Å². The molecular formula is C38H43F5N9O14PS3. The zero-order chi connectivity index (χ0) is 52.7. The van der Waals surface area contributed by atoms with Gasteiger partial charge in [0.05, 0.1) is 55.5 Å². The largest absolute Gasteiger partial charge is 0.778 e. The lowest BCUT2D eigenvalue weighted by Crippen LogP contribution is -2.39. The molecule has 1 unspecified atom stereocenters. The molecule has 1 atom stereocenters. The molecule has 0 aliphatic carbocycles. The topological polar surface area (TPSA) is 326 Å². The maximum absolute atomic E-state index is 14.5. The molecule has 2 aromatic heterocycles. The predicted octanol–water partition coefficient (Wildman–Crippen LogP) is 2.80. The van der Waals surface area contributed by atoms with E-state index >= 15 is 0 Å². The van der Waals surface area contributed by atoms with Crippen LogP contribution >= 0.6 is 19.1 Å². The van der Waals surface area contributed by atoms with Gasteiger partial charge < -0.3 is 43.3 Å². The van der Waals surface area contributed by atoms with Gasteiger partial charge in [0.2, 0.25) is 22.5 Å². The van der Waals surface area contributed by atoms with E-state index in [0.29, 0.717) is 33.2 Å². The van der Waals surface area contributed by atoms with Gasteiger partial charge in [-0.3, -0.25) is 25.1 Å². The third-order valence-electron chi connectivity index (χ3n) is 7.98. The average Bonchev–Trinajstić information content (AvgIpc) is 3.72. The first-order chi connectivity index (χ1) is 32.5. The second kappa shape index (κ2) is 25.4. The molecule has 0 radical (unpaired) electrons. The number of carbonyl (C=O) groups excluding carboxylic acids is 2. The van der Waals surface area contributed by atoms with Gasteiger partial charge in [-0.2, -0.15) is 31.9 Å². The summed E-state index contributed by atoms with van der Waals surface area (Å²) in [6.45, 7) is -2.24. The molecule has 382 valence electrons. The van der Waals surface area contributed by atoms with Gasteiger partial charge in [-0.15, -0.1) is 6.42 Å². The Morgan fingerprint density at radius 3 is 2.23 bits per heavy atom. The SMILES string of the molecule is C#CCN1C(=O)COc2cc(F)c(/N=c3\snc4n3CC(C)(C)C4)cc21.C[S+](C)C.O=C(Nc1nc(OC(F)F)cc(OC(F)F)n1)NS(=O)(=O)c1ccccc1C(=O)O.O=C(O)CNCP(=O)([O-])O. The lowest BCUT2D eigenvalue weighted by Gasteiger charge is -2.28. The van der Waals surface area contributed by atoms with Crippen LogP contribution in [0.4, 0.5) is 44.1 Å². The van der Waals surface area contributed by atoms with Crippen LogP contribution in [0.15, 0.2) is 52.4 Å². The van der Waals surface area contributed by atoms with Crippen molar-refractivity contribution in [1.29, 1.82) is 0 Å². The van der Waals surface area contributed by atoms with E-state index in [1.807, 2.05) is 9.88 Å². The van der Waals surface area contributed by atoms with Crippen LogP contribution in [-0.2, 0) is 48.0 Å². The van der Waals surface area contributed by atoms with E-state index in [0.717, 1.165) is 30.9 Å². The maximum atomic E-state index is 14.5. The highest BCUT2D eigenvalue weighted by molar-refractivity contribution is 7.94. The van der Waals surface area contributed by atoms with E-state index < -0.39 is 95.6 Å². The number of aromatic carboxylic acids is 1. The van der Waals surface area contributed by atoms with Gasteiger partial charge in [0.25, 0.3) is 15.9 Å². The summed E-state index contributed by atoms with van der Waals surface area (Å²) in [6.07, 6.45) is 12.1. The fourth-order valence-electron chi connectivity index (χ4n) is 5.49. The van der Waals surface area contributed by atoms with Crippen molar-refractivity contribution < 1.29 is 88.3 Å². The molecule has 0 spiro atoms. The highest BCUT2D eigenvalue weighted by Crippen LogP contribution is 2.38. The molecule has 0 saturated heterocycles. The van der Waals surface area contributed by atoms with Crippen molar-refractivity contribution in [3.05, 3.63) is 64.5 Å². The number of anilines is 2. The van der Waals surface area contributed by atoms with E-state index in [1.165, 1.54) is 45.4 Å². The van der Waals surface area contributed by atoms with Crippen LogP contribution in [0.5, 0.6) is 17.5 Å². The summed E-state index contributed by atoms with van der Waals surface area (Å²) in [5, 5.41) is 20.7. The Hall–Kier alpha value is -6.42. The molecular weight excluding hydrogens is 1030 g/mol. The van der Waals surface area contributed by atoms with Crippen molar-refractivity contribution >= 4 is 81.2 Å². The second-order valence-electron chi connectivity index (χ2n) is 15.0. The van der Waals surface area contributed by atoms with Crippen molar-refractivity contribution in [2.75, 3.05) is 55.0 Å². The summed E-state index contributed by atoms with van der Waals surface area (Å²) in [5.41, 5.74) is 0.0336. The molecule has 2 aromatic carbocycles. The molecule has 3 amide bonds. The van der Waals surface area contributed by atoms with Crippen molar-refractivity contribution in [1.82, 2.24) is 28.9 Å². The number of alkyl halides is 4. The van der Waals surface area contributed by atoms with Crippen LogP contribution in [-0.4, -0.2) is 124 Å². The van der Waals surface area contributed by atoms with E-state index in [1.54, 1.807) is 5.32 Å². The Morgan fingerprint density at radius 1 is 1.09 bits per heavy atom. The summed E-state index contributed by atoms with van der Waals surface area (Å²) < 4.78 is 119. The average molecular weight is 1070 g/mol. The van der Waals surface area contributed by atoms with Crippen LogP contribution in [0.2, 0.25) is 0 Å². The van der Waals surface area contributed by atoms with Gasteiger partial charge in [0.1, 0.15) is 29.8 Å². The number of halogens is 5. The maximum Gasteiger partial charge on any atom is 0.388 e. The number of terminal acetylenes is 1. The fraction of sp³-hybridized carbons (Fsp3) is 0.368. The fourth-order valence-corrected chi connectivity index (χ4v) is 7.75. The Morgan fingerprint density at radius 2 is 1.69 bits per heavy atom. The number of hydrogen-bond acceptors (Lipinski definition) is 17. The number of benzene rings is 2. The van der Waals surface area contributed by atoms with Crippen molar-refractivity contribution in [2.24, 2.45) is 10.4 Å². The highest BCUT2D eigenvalue weighted by Gasteiger charge is 2.32. The molecule has 4 heterocycles. The molecule has 6 rings (SSSR count). The minimum Gasteiger partial charge on any atom is -0.778 e. The number of urea groups is 1. The molecule has 0 bridgehead atoms. The van der Waals surface area contributed by atoms with Gasteiger partial charge in [-0.05, 0) is 34.5 Å². The number of nitrogens with one attached hydrogen (secondary N) is 3. The number of fused-ring (bicyclic) bond motifs is 2. The summed E-state index contributed by atoms with van der Waals surface area (Å²) in [4.78, 5) is 75.2. The summed E-state index contributed by atoms with van der Waals surface area (Å²) in [7, 11) is -8.42. The Kier molecular flexibility index (Phi) is 21.0. The number of carboxylic acid groups (broad SMARTS) is 2. The molecule has 2 aliphatic heterocycles. The predicted molar refractivity (Wildman–Crippen MR) is 239 cm³/mol. The van der Waals surface area contributed by atoms with Gasteiger partial charge in [0, 0.05) is 30.6 Å². The van der Waals surface area contributed by atoms with E-state index in [4.69, 9.17) is 26.3 Å². The minimum atomic E-state index is -4.71. The van der Waals surface area contributed by atoms with E-state index in [-0.39, 0.29) is 30.2 Å². The minimum absolute atomic E-state index is 0.0964. The van der Waals surface area contributed by atoms with Crippen LogP contribution in [0, 0.1) is 23.6 Å². The highest BCUT2D eigenvalue weighted by atomic mass is 32.2. The number of aromatic nitrogens is 4. The zero-order valence-electron chi connectivity index (χ0n) is 37.1. The number of carboxylic acids is 2. The number of ether oxygens (including phenoxy) is 3. The first-order valence-corrected chi connectivity index (χ1v) is 25.7. The Labute approximate surface area is 401 Å². The van der Waals surface area contributed by atoms with Gasteiger partial charge in [0.15, 0.2) is 12.4 Å². The summed E-state index contributed by atoms with van der Waals surface area (Å²) in [6, 6.07) is 5.98. The Bertz CT molecular complexity index is 2780. The first kappa shape index (κ1) is 57.9. The zero-order valence-corrected chi connectivity index (χ0v) is 40.4. The number of amides is 3. The summed E-state index contributed by atoms with van der Waals surface area (Å²) >= 11 is 1.24. The number of carbonyl (C=O) groups is 4. The number of aliphatic carboxylic acids is 1. The quantitative estimate of drug-likeness (QED) is 0.0458. The molecule has 0 fully saturated rings. The van der Waals surface area contributed by atoms with Crippen LogP contribution in [0.1, 0.15) is 30.0 Å². The number of nitrogens with zero attached hydrogens (tertiary/aromatic N) is 6. The lowest BCUT2D eigenvalue weighted by molar-refractivity contribution is -0.193. The van der Waals surface area contributed by atoms with Crippen LogP contribution < -0.4 is 44.2 Å². The monoisotopic (exact) mass is 1070 g/mol. The molecule has 6 N–H and O–H groups in total. The van der Waals surface area contributed by atoms with Gasteiger partial charge in [-0.25, -0.2) is 32.1 Å². The van der Waals surface area contributed by atoms with Gasteiger partial charge >= 0.3 is 31.2 Å². The number of hydrogen-bond donors (Lipinski definition) is 6. The van der Waals surface area contributed by atoms with Crippen molar-refractivity contribution in [3.63, 3.8) is 0 Å². The number of rotatable bonds is 14. The normalized spacial score (nSPS) is 14.5. The summed E-state index contributed by atoms with van der Waals surface area (Å²) in [5.74, 6) is -2.71. The number of sulfonamides is 1. The molecule has 0 saturated carbocycles. The van der Waals surface area contributed by atoms with Crippen molar-refractivity contribution in [2.45, 2.75) is 44.9 Å². The molecule has 70 heavy (non-hydrogen) atoms. The molecule has 2 aliphatic rings. The van der Waals surface area contributed by atoms with Crippen LogP contribution in [0.3, 0.4) is 0 Å². The standard InChI is InChI=1S/C18H17FN4O2S.C14H10F4N4O7S.C3H8NO5P.C3H9S/c1-4-5-22-13-7-12(11(19)6-14(13)25-9-16(22)24)20-17-23-10-18(2,3)8-15(23)21-26-17;15-11(16)28-8-5-9(29-12(17)18)20-13(19-8)21-14(25)22-30(26,27)7-4-2-1-3-6(7)10(23)24;5-3(6)1-4-2-10(7,8)9;1-4(2)3/h1,6-7H,5,8-10H2,2-3H3;1-5,11-12H,(H,23,24)(H2,19,20,21,22,25);4H,1-2H2,(H,5,6)(H2,7,8,9);1-3H3/q;;;+1/p-1/b20-17-;;;.